The van der Waals surface area contributed by atoms with Crippen molar-refractivity contribution < 1.29 is 0 Å². The topological polar surface area (TPSA) is 38.0 Å². The molecule has 14 heavy (non-hydrogen) atoms. The molecule has 3 heteroatoms. The van der Waals surface area contributed by atoms with Gasteiger partial charge in [0.25, 0.3) is 0 Å². The van der Waals surface area contributed by atoms with Crippen LogP contribution in [0.5, 0.6) is 0 Å². The average Bonchev–Trinajstić information content (AvgIpc) is 2.17. The van der Waals surface area contributed by atoms with Crippen LogP contribution in [0.1, 0.15) is 46.5 Å². The van der Waals surface area contributed by atoms with Crippen LogP contribution in [0.2, 0.25) is 0 Å². The Bertz CT molecular complexity index is 120. The summed E-state index contributed by atoms with van der Waals surface area (Å²) >= 11 is 2.00. The Morgan fingerprint density at radius 1 is 1.29 bits per heavy atom. The molecular weight excluding hydrogens is 192 g/mol. The zero-order valence-electron chi connectivity index (χ0n) is 9.88. The highest BCUT2D eigenvalue weighted by Crippen LogP contribution is 2.15. The van der Waals surface area contributed by atoms with Gasteiger partial charge in [-0.3, -0.25) is 11.3 Å². The third-order valence-corrected chi connectivity index (χ3v) is 3.71. The van der Waals surface area contributed by atoms with Crippen LogP contribution < -0.4 is 11.3 Å². The smallest absolute Gasteiger partial charge is 0.0303 e. The minimum absolute atomic E-state index is 0.494. The first kappa shape index (κ1) is 14.3. The van der Waals surface area contributed by atoms with Crippen LogP contribution in [0.3, 0.4) is 0 Å². The molecule has 0 saturated heterocycles. The van der Waals surface area contributed by atoms with E-state index in [4.69, 9.17) is 5.84 Å². The standard InChI is InChI=1S/C11H26N2S/c1-4-6-10(3)8-11(13-12)9-14-7-5-2/h10-11,13H,4-9,12H2,1-3H3. The van der Waals surface area contributed by atoms with Gasteiger partial charge in [-0.05, 0) is 24.5 Å². The second-order valence-electron chi connectivity index (χ2n) is 4.07. The van der Waals surface area contributed by atoms with Gasteiger partial charge in [-0.2, -0.15) is 11.8 Å². The van der Waals surface area contributed by atoms with Crippen molar-refractivity contribution in [1.29, 1.82) is 0 Å². The van der Waals surface area contributed by atoms with Gasteiger partial charge in [0.2, 0.25) is 0 Å². The van der Waals surface area contributed by atoms with Crippen LogP contribution in [0.15, 0.2) is 0 Å². The molecule has 0 amide bonds. The van der Waals surface area contributed by atoms with Crippen molar-refractivity contribution in [3.63, 3.8) is 0 Å². The lowest BCUT2D eigenvalue weighted by molar-refractivity contribution is 0.408. The Kier molecular flexibility index (Phi) is 10.0. The largest absolute Gasteiger partial charge is 0.271 e. The molecule has 0 aromatic rings. The van der Waals surface area contributed by atoms with E-state index in [0.717, 1.165) is 11.7 Å². The average molecular weight is 218 g/mol. The van der Waals surface area contributed by atoms with E-state index in [2.05, 4.69) is 26.2 Å². The third-order valence-electron chi connectivity index (χ3n) is 2.37. The zero-order valence-corrected chi connectivity index (χ0v) is 10.7. The lowest BCUT2D eigenvalue weighted by Crippen LogP contribution is -2.38. The fourth-order valence-electron chi connectivity index (χ4n) is 1.65. The van der Waals surface area contributed by atoms with E-state index in [9.17, 15) is 0 Å². The second-order valence-corrected chi connectivity index (χ2v) is 5.22. The molecule has 2 atom stereocenters. The Labute approximate surface area is 93.4 Å². The van der Waals surface area contributed by atoms with Gasteiger partial charge in [-0.15, -0.1) is 0 Å². The third kappa shape index (κ3) is 7.65. The van der Waals surface area contributed by atoms with Gasteiger partial charge in [-0.25, -0.2) is 0 Å². The van der Waals surface area contributed by atoms with E-state index in [1.165, 1.54) is 31.4 Å². The molecule has 3 N–H and O–H groups in total. The number of hydrogen-bond donors (Lipinski definition) is 2. The van der Waals surface area contributed by atoms with Gasteiger partial charge in [-0.1, -0.05) is 33.6 Å². The van der Waals surface area contributed by atoms with Crippen LogP contribution in [0.4, 0.5) is 0 Å². The minimum Gasteiger partial charge on any atom is -0.271 e. The van der Waals surface area contributed by atoms with E-state index in [-0.39, 0.29) is 0 Å². The lowest BCUT2D eigenvalue weighted by Gasteiger charge is -2.19. The molecule has 0 aliphatic rings. The minimum atomic E-state index is 0.494. The van der Waals surface area contributed by atoms with Crippen LogP contribution >= 0.6 is 11.8 Å². The van der Waals surface area contributed by atoms with Gasteiger partial charge < -0.3 is 0 Å². The summed E-state index contributed by atoms with van der Waals surface area (Å²) in [6, 6.07) is 0.494. The van der Waals surface area contributed by atoms with Crippen molar-refractivity contribution in [2.45, 2.75) is 52.5 Å². The van der Waals surface area contributed by atoms with Crippen molar-refractivity contribution in [2.24, 2.45) is 11.8 Å². The first-order chi connectivity index (χ1) is 6.74. The van der Waals surface area contributed by atoms with Crippen LogP contribution in [-0.2, 0) is 0 Å². The molecule has 2 unspecified atom stereocenters. The summed E-state index contributed by atoms with van der Waals surface area (Å²) in [4.78, 5) is 0. The van der Waals surface area contributed by atoms with Crippen molar-refractivity contribution in [3.05, 3.63) is 0 Å². The molecule has 0 saturated carbocycles. The Morgan fingerprint density at radius 3 is 2.50 bits per heavy atom. The molecule has 0 rings (SSSR count). The number of rotatable bonds is 9. The first-order valence-corrected chi connectivity index (χ1v) is 6.93. The van der Waals surface area contributed by atoms with E-state index in [0.29, 0.717) is 6.04 Å². The maximum Gasteiger partial charge on any atom is 0.0303 e. The number of nitrogens with one attached hydrogen (secondary N) is 1. The Morgan fingerprint density at radius 2 is 2.00 bits per heavy atom. The van der Waals surface area contributed by atoms with Gasteiger partial charge >= 0.3 is 0 Å². The highest BCUT2D eigenvalue weighted by molar-refractivity contribution is 7.99. The highest BCUT2D eigenvalue weighted by Gasteiger charge is 2.10. The molecule has 0 radical (unpaired) electrons. The summed E-state index contributed by atoms with van der Waals surface area (Å²) in [7, 11) is 0. The molecular formula is C11H26N2S. The summed E-state index contributed by atoms with van der Waals surface area (Å²) in [6.45, 7) is 6.78. The second kappa shape index (κ2) is 9.81. The monoisotopic (exact) mass is 218 g/mol. The number of nitrogens with two attached hydrogens (primary N) is 1. The van der Waals surface area contributed by atoms with Crippen LogP contribution in [0, 0.1) is 5.92 Å². The zero-order chi connectivity index (χ0) is 10.8. The van der Waals surface area contributed by atoms with Gasteiger partial charge in [0.05, 0.1) is 0 Å². The van der Waals surface area contributed by atoms with Crippen LogP contribution in [0.25, 0.3) is 0 Å². The molecule has 0 aliphatic heterocycles. The summed E-state index contributed by atoms with van der Waals surface area (Å²) in [5.41, 5.74) is 2.93. The normalized spacial score (nSPS) is 15.4. The van der Waals surface area contributed by atoms with Crippen molar-refractivity contribution in [2.75, 3.05) is 11.5 Å². The summed E-state index contributed by atoms with van der Waals surface area (Å²) in [6.07, 6.45) is 5.06. The summed E-state index contributed by atoms with van der Waals surface area (Å²) in [5, 5.41) is 0. The van der Waals surface area contributed by atoms with Gasteiger partial charge in [0, 0.05) is 11.8 Å². The quantitative estimate of drug-likeness (QED) is 0.355. The van der Waals surface area contributed by atoms with Crippen molar-refractivity contribution in [1.82, 2.24) is 5.43 Å². The Balaban J connectivity index is 3.55. The molecule has 0 spiro atoms. The highest BCUT2D eigenvalue weighted by atomic mass is 32.2. The SMILES string of the molecule is CCCSCC(CC(C)CCC)NN. The van der Waals surface area contributed by atoms with Crippen LogP contribution in [-0.4, -0.2) is 17.5 Å². The maximum absolute atomic E-state index is 5.54. The molecule has 0 heterocycles. The van der Waals surface area contributed by atoms with E-state index in [1.807, 2.05) is 11.8 Å². The summed E-state index contributed by atoms with van der Waals surface area (Å²) < 4.78 is 0. The van der Waals surface area contributed by atoms with Gasteiger partial charge in [0.1, 0.15) is 0 Å². The summed E-state index contributed by atoms with van der Waals surface area (Å²) in [5.74, 6) is 8.73. The predicted octanol–water partition coefficient (Wildman–Crippen LogP) is 2.79. The van der Waals surface area contributed by atoms with Crippen molar-refractivity contribution >= 4 is 11.8 Å². The fourth-order valence-corrected chi connectivity index (χ4v) is 2.62. The predicted molar refractivity (Wildman–Crippen MR) is 67.4 cm³/mol. The molecule has 0 bridgehead atoms. The van der Waals surface area contributed by atoms with Crippen molar-refractivity contribution in [3.8, 4) is 0 Å². The van der Waals surface area contributed by atoms with Gasteiger partial charge in [0.15, 0.2) is 0 Å². The lowest BCUT2D eigenvalue weighted by atomic mass is 9.98. The van der Waals surface area contributed by atoms with E-state index < -0.39 is 0 Å². The van der Waals surface area contributed by atoms with E-state index in [1.54, 1.807) is 0 Å². The van der Waals surface area contributed by atoms with E-state index >= 15 is 0 Å². The molecule has 2 nitrogen and oxygen atoms in total. The molecule has 86 valence electrons. The Hall–Kier alpha value is 0.270. The molecule has 0 aromatic heterocycles. The number of hydrazine groups is 1. The maximum atomic E-state index is 5.54. The number of thioether (sulfide) groups is 1. The molecule has 0 aliphatic carbocycles. The fraction of sp³-hybridized carbons (Fsp3) is 1.00. The molecule has 0 aromatic carbocycles. The molecule has 0 fully saturated rings. The first-order valence-electron chi connectivity index (χ1n) is 5.78. The number of hydrogen-bond acceptors (Lipinski definition) is 3.